The van der Waals surface area contributed by atoms with Crippen LogP contribution in [0.1, 0.15) is 0 Å². The van der Waals surface area contributed by atoms with Crippen molar-refractivity contribution in [2.45, 2.75) is 12.8 Å². The summed E-state index contributed by atoms with van der Waals surface area (Å²) in [4.78, 5) is 22.5. The number of nitrogens with one attached hydrogen (secondary N) is 2. The molecule has 142 valence electrons. The highest BCUT2D eigenvalue weighted by molar-refractivity contribution is 5.92. The van der Waals surface area contributed by atoms with Crippen molar-refractivity contribution < 1.29 is 26.7 Å². The minimum atomic E-state index is -4.46. The largest absolute Gasteiger partial charge is 0.435 e. The van der Waals surface area contributed by atoms with Crippen LogP contribution in [0.4, 0.5) is 27.9 Å². The van der Waals surface area contributed by atoms with E-state index in [1.165, 1.54) is 36.7 Å². The second-order valence-electron chi connectivity index (χ2n) is 5.36. The third-order valence-corrected chi connectivity index (χ3v) is 3.45. The number of halogens is 5. The zero-order valence-electron chi connectivity index (χ0n) is 13.3. The number of aromatic nitrogens is 3. The zero-order valence-corrected chi connectivity index (χ0v) is 13.3. The molecule has 2 heterocycles. The average molecular weight is 386 g/mol. The van der Waals surface area contributed by atoms with Crippen LogP contribution in [-0.2, 0) is 0 Å². The summed E-state index contributed by atoms with van der Waals surface area (Å²) in [6, 6.07) is 5.22. The van der Waals surface area contributed by atoms with E-state index in [4.69, 9.17) is 0 Å². The molecule has 0 radical (unpaired) electrons. The number of rotatable bonds is 5. The third-order valence-electron chi connectivity index (χ3n) is 3.45. The van der Waals surface area contributed by atoms with E-state index in [2.05, 4.69) is 19.7 Å². The molecule has 2 aromatic heterocycles. The summed E-state index contributed by atoms with van der Waals surface area (Å²) in [6.07, 6.45) is -1.88. The van der Waals surface area contributed by atoms with Gasteiger partial charge < -0.3 is 15.0 Å². The lowest BCUT2D eigenvalue weighted by Gasteiger charge is -2.10. The topological polar surface area (TPSA) is 79.9 Å². The molecule has 6 nitrogen and oxygen atoms in total. The number of fused-ring (bicyclic) bond motifs is 1. The maximum Gasteiger partial charge on any atom is 0.405 e. The number of benzene rings is 1. The van der Waals surface area contributed by atoms with Crippen LogP contribution in [0.25, 0.3) is 22.0 Å². The lowest BCUT2D eigenvalue weighted by molar-refractivity contribution is -0.115. The molecule has 27 heavy (non-hydrogen) atoms. The van der Waals surface area contributed by atoms with Crippen molar-refractivity contribution >= 4 is 16.9 Å². The summed E-state index contributed by atoms with van der Waals surface area (Å²) < 4.78 is 65.8. The molecule has 1 aromatic carbocycles. The zero-order chi connectivity index (χ0) is 19.6. The number of nitrogens with zero attached hydrogens (tertiary/aromatic N) is 2. The Morgan fingerprint density at radius 3 is 2.52 bits per heavy atom. The standard InChI is InChI=1S/C16H11F5N4O2/c17-14(18)27-10-3-1-8(2-4-10)11-12-9(5-22-13(11)26)6-23-15(25-12)24-7-16(19,20)21/h1-6,14H,7H2,(H,22,26)(H,23,24,25). The van der Waals surface area contributed by atoms with Crippen molar-refractivity contribution in [1.82, 2.24) is 15.0 Å². The number of hydrogen-bond donors (Lipinski definition) is 2. The quantitative estimate of drug-likeness (QED) is 0.656. The molecule has 0 amide bonds. The highest BCUT2D eigenvalue weighted by Crippen LogP contribution is 2.26. The highest BCUT2D eigenvalue weighted by atomic mass is 19.4. The smallest absolute Gasteiger partial charge is 0.405 e. The van der Waals surface area contributed by atoms with Gasteiger partial charge in [0.15, 0.2) is 0 Å². The van der Waals surface area contributed by atoms with Gasteiger partial charge in [0.25, 0.3) is 5.56 Å². The summed E-state index contributed by atoms with van der Waals surface area (Å²) >= 11 is 0. The molecular weight excluding hydrogens is 375 g/mol. The van der Waals surface area contributed by atoms with E-state index in [0.29, 0.717) is 10.9 Å². The fourth-order valence-corrected chi connectivity index (χ4v) is 2.36. The summed E-state index contributed by atoms with van der Waals surface area (Å²) in [5.74, 6) is -0.406. The Hall–Kier alpha value is -3.24. The summed E-state index contributed by atoms with van der Waals surface area (Å²) in [5.41, 5.74) is -0.0519. The Morgan fingerprint density at radius 2 is 1.89 bits per heavy atom. The van der Waals surface area contributed by atoms with E-state index >= 15 is 0 Å². The number of alkyl halides is 5. The van der Waals surface area contributed by atoms with Gasteiger partial charge in [-0.2, -0.15) is 22.0 Å². The van der Waals surface area contributed by atoms with Crippen LogP contribution in [-0.4, -0.2) is 34.3 Å². The fraction of sp³-hybridized carbons (Fsp3) is 0.188. The molecule has 0 aliphatic heterocycles. The molecular formula is C16H11F5N4O2. The van der Waals surface area contributed by atoms with Crippen LogP contribution in [0.15, 0.2) is 41.5 Å². The van der Waals surface area contributed by atoms with Gasteiger partial charge in [-0.3, -0.25) is 4.79 Å². The number of H-pyrrole nitrogens is 1. The second-order valence-corrected chi connectivity index (χ2v) is 5.36. The van der Waals surface area contributed by atoms with Gasteiger partial charge in [0.05, 0.1) is 11.1 Å². The predicted molar refractivity (Wildman–Crippen MR) is 86.8 cm³/mol. The van der Waals surface area contributed by atoms with Gasteiger partial charge in [0.1, 0.15) is 12.3 Å². The number of hydrogen-bond acceptors (Lipinski definition) is 5. The van der Waals surface area contributed by atoms with Gasteiger partial charge >= 0.3 is 12.8 Å². The molecule has 0 atom stereocenters. The van der Waals surface area contributed by atoms with E-state index < -0.39 is 24.9 Å². The summed E-state index contributed by atoms with van der Waals surface area (Å²) in [6.45, 7) is -4.33. The average Bonchev–Trinajstić information content (AvgIpc) is 2.59. The lowest BCUT2D eigenvalue weighted by atomic mass is 10.0. The van der Waals surface area contributed by atoms with Crippen molar-refractivity contribution in [3.05, 3.63) is 47.0 Å². The maximum atomic E-state index is 12.4. The summed E-state index contributed by atoms with van der Waals surface area (Å²) in [7, 11) is 0. The Morgan fingerprint density at radius 1 is 1.19 bits per heavy atom. The van der Waals surface area contributed by atoms with Crippen molar-refractivity contribution in [2.75, 3.05) is 11.9 Å². The first kappa shape index (κ1) is 18.5. The highest BCUT2D eigenvalue weighted by Gasteiger charge is 2.27. The third kappa shape index (κ3) is 4.49. The van der Waals surface area contributed by atoms with E-state index in [0.717, 1.165) is 0 Å². The Bertz CT molecular complexity index is 1000. The van der Waals surface area contributed by atoms with Gasteiger partial charge in [-0.15, -0.1) is 0 Å². The number of ether oxygens (including phenoxy) is 1. The minimum Gasteiger partial charge on any atom is -0.435 e. The van der Waals surface area contributed by atoms with Crippen LogP contribution < -0.4 is 15.6 Å². The molecule has 0 saturated carbocycles. The van der Waals surface area contributed by atoms with E-state index in [-0.39, 0.29) is 22.8 Å². The molecule has 0 fully saturated rings. The lowest BCUT2D eigenvalue weighted by Crippen LogP contribution is -2.22. The SMILES string of the molecule is O=c1[nH]cc2cnc(NCC(F)(F)F)nc2c1-c1ccc(OC(F)F)cc1. The van der Waals surface area contributed by atoms with Gasteiger partial charge in [0, 0.05) is 17.8 Å². The fourth-order valence-electron chi connectivity index (χ4n) is 2.36. The van der Waals surface area contributed by atoms with E-state index in [1.807, 2.05) is 5.32 Å². The van der Waals surface area contributed by atoms with Crippen LogP contribution >= 0.6 is 0 Å². The minimum absolute atomic E-state index is 0.0635. The Labute approximate surface area is 148 Å². The first-order valence-corrected chi connectivity index (χ1v) is 7.47. The molecule has 0 aliphatic carbocycles. The van der Waals surface area contributed by atoms with Crippen molar-refractivity contribution in [1.29, 1.82) is 0 Å². The van der Waals surface area contributed by atoms with Gasteiger partial charge in [0.2, 0.25) is 5.95 Å². The predicted octanol–water partition coefficient (Wildman–Crippen LogP) is 3.56. The van der Waals surface area contributed by atoms with Crippen LogP contribution in [0.3, 0.4) is 0 Å². The monoisotopic (exact) mass is 386 g/mol. The van der Waals surface area contributed by atoms with Crippen molar-refractivity contribution in [2.24, 2.45) is 0 Å². The molecule has 0 bridgehead atoms. The molecule has 0 saturated heterocycles. The normalized spacial score (nSPS) is 11.8. The molecule has 11 heteroatoms. The molecule has 0 spiro atoms. The maximum absolute atomic E-state index is 12.4. The molecule has 3 rings (SSSR count). The molecule has 3 aromatic rings. The van der Waals surface area contributed by atoms with Crippen LogP contribution in [0.5, 0.6) is 5.75 Å². The first-order chi connectivity index (χ1) is 12.7. The van der Waals surface area contributed by atoms with Crippen LogP contribution in [0.2, 0.25) is 0 Å². The molecule has 2 N–H and O–H groups in total. The number of pyridine rings is 1. The molecule has 0 unspecified atom stereocenters. The Balaban J connectivity index is 2.03. The first-order valence-electron chi connectivity index (χ1n) is 7.47. The van der Waals surface area contributed by atoms with Crippen molar-refractivity contribution in [3.63, 3.8) is 0 Å². The van der Waals surface area contributed by atoms with E-state index in [1.54, 1.807) is 0 Å². The molecule has 0 aliphatic rings. The van der Waals surface area contributed by atoms with Gasteiger partial charge in [-0.25, -0.2) is 9.97 Å². The number of aromatic amines is 1. The Kier molecular flexibility index (Phi) is 4.93. The summed E-state index contributed by atoms with van der Waals surface area (Å²) in [5, 5.41) is 2.43. The number of anilines is 1. The van der Waals surface area contributed by atoms with Gasteiger partial charge in [-0.05, 0) is 17.7 Å². The van der Waals surface area contributed by atoms with Crippen LogP contribution in [0, 0.1) is 0 Å². The van der Waals surface area contributed by atoms with Gasteiger partial charge in [-0.1, -0.05) is 12.1 Å². The second kappa shape index (κ2) is 7.17. The van der Waals surface area contributed by atoms with Crippen molar-refractivity contribution in [3.8, 4) is 16.9 Å². The van der Waals surface area contributed by atoms with E-state index in [9.17, 15) is 26.7 Å².